The number of carbonyl (C=O) groups excluding carboxylic acids is 1. The van der Waals surface area contributed by atoms with Gasteiger partial charge in [-0.15, -0.1) is 35.3 Å². The second kappa shape index (κ2) is 10.2. The number of hydrogen-bond donors (Lipinski definition) is 1. The summed E-state index contributed by atoms with van der Waals surface area (Å²) in [4.78, 5) is 20.9. The van der Waals surface area contributed by atoms with Gasteiger partial charge in [0, 0.05) is 32.7 Å². The first kappa shape index (κ1) is 22.0. The number of anilines is 1. The van der Waals surface area contributed by atoms with Crippen molar-refractivity contribution in [1.29, 1.82) is 0 Å². The third kappa shape index (κ3) is 7.39. The van der Waals surface area contributed by atoms with Crippen LogP contribution in [0.25, 0.3) is 0 Å². The number of piperazine rings is 1. The first-order valence-electron chi connectivity index (χ1n) is 8.42. The van der Waals surface area contributed by atoms with Crippen LogP contribution in [0.1, 0.15) is 27.7 Å². The Balaban J connectivity index is 0.00000312. The molecule has 142 valence electrons. The number of hydrogen-bond acceptors (Lipinski definition) is 5. The molecule has 0 atom stereocenters. The van der Waals surface area contributed by atoms with Crippen LogP contribution in [0.4, 0.5) is 5.00 Å². The second-order valence-electron chi connectivity index (χ2n) is 6.68. The highest BCUT2D eigenvalue weighted by Gasteiger charge is 2.21. The summed E-state index contributed by atoms with van der Waals surface area (Å²) in [6.45, 7) is 12.1. The zero-order chi connectivity index (χ0) is 17.6. The Morgan fingerprint density at radius 1 is 1.32 bits per heavy atom. The lowest BCUT2D eigenvalue weighted by Crippen LogP contribution is -2.52. The van der Waals surface area contributed by atoms with Crippen LogP contribution in [0, 0.1) is 0 Å². The topological polar surface area (TPSA) is 57.2 Å². The van der Waals surface area contributed by atoms with Gasteiger partial charge in [-0.05, 0) is 45.2 Å². The number of guanidine groups is 1. The molecule has 0 amide bonds. The average Bonchev–Trinajstić information content (AvgIpc) is 3.04. The molecule has 0 aliphatic carbocycles. The smallest absolute Gasteiger partial charge is 0.328 e. The minimum Gasteiger partial charge on any atom is -0.459 e. The van der Waals surface area contributed by atoms with Gasteiger partial charge in [-0.1, -0.05) is 0 Å². The lowest BCUT2D eigenvalue weighted by Gasteiger charge is -2.37. The molecule has 2 rings (SSSR count). The Morgan fingerprint density at radius 2 is 2.00 bits per heavy atom. The van der Waals surface area contributed by atoms with E-state index >= 15 is 0 Å². The molecule has 0 aromatic carbocycles. The highest BCUT2D eigenvalue weighted by atomic mass is 127. The number of ether oxygens (including phenoxy) is 1. The minimum absolute atomic E-state index is 0. The van der Waals surface area contributed by atoms with Crippen LogP contribution in [-0.4, -0.2) is 61.7 Å². The third-order valence-corrected chi connectivity index (χ3v) is 4.44. The van der Waals surface area contributed by atoms with Crippen molar-refractivity contribution in [3.8, 4) is 0 Å². The van der Waals surface area contributed by atoms with Crippen LogP contribution in [0.5, 0.6) is 0 Å². The standard InChI is InChI=1S/C17H28N4O2S.HI/c1-5-18-16(19-13-15(22)23-17(2,3)4)21-10-8-20(9-11-21)14-7-6-12-24-14;/h6-7,12H,5,8-11,13H2,1-4H3,(H,18,19);1H. The van der Waals surface area contributed by atoms with E-state index < -0.39 is 5.60 Å². The molecule has 1 aliphatic rings. The minimum atomic E-state index is -0.475. The predicted molar refractivity (Wildman–Crippen MR) is 115 cm³/mol. The summed E-state index contributed by atoms with van der Waals surface area (Å²) >= 11 is 1.77. The fourth-order valence-electron chi connectivity index (χ4n) is 2.53. The summed E-state index contributed by atoms with van der Waals surface area (Å²) in [6.07, 6.45) is 0. The monoisotopic (exact) mass is 480 g/mol. The van der Waals surface area contributed by atoms with Crippen molar-refractivity contribution < 1.29 is 9.53 Å². The summed E-state index contributed by atoms with van der Waals surface area (Å²) in [6, 6.07) is 4.24. The SMILES string of the molecule is CCNC(=NCC(=O)OC(C)(C)C)N1CCN(c2cccs2)CC1.I. The maximum absolute atomic E-state index is 11.9. The molecule has 0 saturated carbocycles. The predicted octanol–water partition coefficient (Wildman–Crippen LogP) is 2.80. The number of thiophene rings is 1. The van der Waals surface area contributed by atoms with Gasteiger partial charge in [-0.2, -0.15) is 0 Å². The number of aliphatic imine (C=N–C) groups is 1. The van der Waals surface area contributed by atoms with Crippen molar-refractivity contribution in [1.82, 2.24) is 10.2 Å². The molecule has 25 heavy (non-hydrogen) atoms. The van der Waals surface area contributed by atoms with Gasteiger partial charge in [0.2, 0.25) is 0 Å². The van der Waals surface area contributed by atoms with E-state index in [1.807, 2.05) is 27.7 Å². The second-order valence-corrected chi connectivity index (χ2v) is 7.61. The molecule has 0 unspecified atom stereocenters. The van der Waals surface area contributed by atoms with Gasteiger partial charge < -0.3 is 19.9 Å². The van der Waals surface area contributed by atoms with E-state index in [1.165, 1.54) is 5.00 Å². The molecular weight excluding hydrogens is 451 g/mol. The summed E-state index contributed by atoms with van der Waals surface area (Å²) in [5.41, 5.74) is -0.475. The normalized spacial score (nSPS) is 15.6. The van der Waals surface area contributed by atoms with E-state index in [-0.39, 0.29) is 36.5 Å². The van der Waals surface area contributed by atoms with Crippen LogP contribution < -0.4 is 10.2 Å². The van der Waals surface area contributed by atoms with Crippen LogP contribution in [-0.2, 0) is 9.53 Å². The Morgan fingerprint density at radius 3 is 2.52 bits per heavy atom. The van der Waals surface area contributed by atoms with Gasteiger partial charge in [-0.3, -0.25) is 4.79 Å². The lowest BCUT2D eigenvalue weighted by molar-refractivity contribution is -0.152. The lowest BCUT2D eigenvalue weighted by atomic mass is 10.2. The molecule has 1 fully saturated rings. The summed E-state index contributed by atoms with van der Waals surface area (Å²) in [7, 11) is 0. The van der Waals surface area contributed by atoms with Crippen molar-refractivity contribution in [3.63, 3.8) is 0 Å². The number of nitrogens with zero attached hydrogens (tertiary/aromatic N) is 3. The van der Waals surface area contributed by atoms with Crippen molar-refractivity contribution in [2.24, 2.45) is 4.99 Å². The molecule has 2 heterocycles. The molecule has 0 bridgehead atoms. The molecule has 1 aromatic rings. The van der Waals surface area contributed by atoms with Crippen LogP contribution in [0.15, 0.2) is 22.5 Å². The fraction of sp³-hybridized carbons (Fsp3) is 0.647. The van der Waals surface area contributed by atoms with Crippen LogP contribution in [0.3, 0.4) is 0 Å². The molecule has 0 radical (unpaired) electrons. The molecule has 1 saturated heterocycles. The number of rotatable bonds is 4. The van der Waals surface area contributed by atoms with Crippen LogP contribution >= 0.6 is 35.3 Å². The highest BCUT2D eigenvalue weighted by Crippen LogP contribution is 2.22. The number of nitrogens with one attached hydrogen (secondary N) is 1. The number of carbonyl (C=O) groups is 1. The summed E-state index contributed by atoms with van der Waals surface area (Å²) < 4.78 is 5.32. The van der Waals surface area contributed by atoms with Crippen molar-refractivity contribution in [3.05, 3.63) is 17.5 Å². The Bertz CT molecular complexity index is 549. The van der Waals surface area contributed by atoms with E-state index in [4.69, 9.17) is 4.74 Å². The van der Waals surface area contributed by atoms with Gasteiger partial charge >= 0.3 is 5.97 Å². The zero-order valence-corrected chi connectivity index (χ0v) is 18.6. The molecule has 6 nitrogen and oxygen atoms in total. The fourth-order valence-corrected chi connectivity index (χ4v) is 3.31. The maximum atomic E-state index is 11.9. The Hall–Kier alpha value is -1.03. The Kier molecular flexibility index (Phi) is 8.98. The Labute approximate surface area is 171 Å². The third-order valence-electron chi connectivity index (χ3n) is 3.51. The molecule has 0 spiro atoms. The summed E-state index contributed by atoms with van der Waals surface area (Å²) in [5.74, 6) is 0.490. The van der Waals surface area contributed by atoms with E-state index in [1.54, 1.807) is 11.3 Å². The van der Waals surface area contributed by atoms with Gasteiger partial charge in [0.1, 0.15) is 12.1 Å². The van der Waals surface area contributed by atoms with Gasteiger partial charge in [0.15, 0.2) is 5.96 Å². The number of halogens is 1. The average molecular weight is 480 g/mol. The van der Waals surface area contributed by atoms with E-state index in [9.17, 15) is 4.79 Å². The molecular formula is C17H29IN4O2S. The zero-order valence-electron chi connectivity index (χ0n) is 15.4. The van der Waals surface area contributed by atoms with E-state index in [2.05, 4.69) is 37.6 Å². The quantitative estimate of drug-likeness (QED) is 0.311. The molecule has 8 heteroatoms. The molecule has 1 aliphatic heterocycles. The van der Waals surface area contributed by atoms with Crippen molar-refractivity contribution in [2.45, 2.75) is 33.3 Å². The first-order chi connectivity index (χ1) is 11.4. The highest BCUT2D eigenvalue weighted by molar-refractivity contribution is 14.0. The van der Waals surface area contributed by atoms with E-state index in [0.29, 0.717) is 0 Å². The number of esters is 1. The largest absolute Gasteiger partial charge is 0.459 e. The first-order valence-corrected chi connectivity index (χ1v) is 9.30. The van der Waals surface area contributed by atoms with Gasteiger partial charge in [0.25, 0.3) is 0 Å². The van der Waals surface area contributed by atoms with Crippen LogP contribution in [0.2, 0.25) is 0 Å². The maximum Gasteiger partial charge on any atom is 0.328 e. The molecule has 1 aromatic heterocycles. The summed E-state index contributed by atoms with van der Waals surface area (Å²) in [5, 5.41) is 6.69. The van der Waals surface area contributed by atoms with E-state index in [0.717, 1.165) is 38.7 Å². The van der Waals surface area contributed by atoms with Gasteiger partial charge in [-0.25, -0.2) is 4.99 Å². The van der Waals surface area contributed by atoms with Crippen molar-refractivity contribution in [2.75, 3.05) is 44.2 Å². The molecule has 1 N–H and O–H groups in total. The van der Waals surface area contributed by atoms with Gasteiger partial charge in [0.05, 0.1) is 5.00 Å². The van der Waals surface area contributed by atoms with Crippen molar-refractivity contribution >= 4 is 52.2 Å².